The molecule has 1 N–H and O–H groups in total. The SMILES string of the molecule is O=C(Nc1nc2c(s1)CN(C(=O)c1ccc(F)c(F)c1)CC2)c1ccoc1. The molecule has 138 valence electrons. The molecule has 4 rings (SSSR count). The topological polar surface area (TPSA) is 75.4 Å². The van der Waals surface area contributed by atoms with Crippen molar-refractivity contribution >= 4 is 28.3 Å². The van der Waals surface area contributed by atoms with Crippen molar-refractivity contribution in [1.29, 1.82) is 0 Å². The van der Waals surface area contributed by atoms with E-state index in [1.54, 1.807) is 11.0 Å². The summed E-state index contributed by atoms with van der Waals surface area (Å²) in [6, 6.07) is 4.65. The number of furan rings is 1. The molecule has 1 aromatic carbocycles. The number of rotatable bonds is 3. The normalized spacial score (nSPS) is 13.3. The first-order chi connectivity index (χ1) is 13.0. The number of aromatic nitrogens is 1. The van der Waals surface area contributed by atoms with Gasteiger partial charge in [-0.25, -0.2) is 13.8 Å². The van der Waals surface area contributed by atoms with Crippen LogP contribution in [0.15, 0.2) is 41.2 Å². The van der Waals surface area contributed by atoms with Crippen molar-refractivity contribution in [1.82, 2.24) is 9.88 Å². The number of benzene rings is 1. The van der Waals surface area contributed by atoms with E-state index in [0.29, 0.717) is 30.2 Å². The van der Waals surface area contributed by atoms with Gasteiger partial charge in [0, 0.05) is 23.4 Å². The molecule has 9 heteroatoms. The second-order valence-corrected chi connectivity index (χ2v) is 7.04. The molecule has 1 aliphatic rings. The average Bonchev–Trinajstić information content (AvgIpc) is 3.32. The molecule has 0 bridgehead atoms. The van der Waals surface area contributed by atoms with Crippen LogP contribution in [-0.4, -0.2) is 28.2 Å². The fourth-order valence-corrected chi connectivity index (χ4v) is 3.82. The minimum atomic E-state index is -1.06. The van der Waals surface area contributed by atoms with Crippen molar-refractivity contribution < 1.29 is 22.8 Å². The summed E-state index contributed by atoms with van der Waals surface area (Å²) in [6.07, 6.45) is 3.26. The molecule has 0 unspecified atom stereocenters. The number of halogens is 2. The number of carbonyl (C=O) groups excluding carboxylic acids is 2. The lowest BCUT2D eigenvalue weighted by Gasteiger charge is -2.26. The molecular formula is C18H13F2N3O3S. The van der Waals surface area contributed by atoms with Gasteiger partial charge in [-0.15, -0.1) is 0 Å². The summed E-state index contributed by atoms with van der Waals surface area (Å²) >= 11 is 1.28. The summed E-state index contributed by atoms with van der Waals surface area (Å²) in [5.74, 6) is -2.75. The number of carbonyl (C=O) groups is 2. The fourth-order valence-electron chi connectivity index (χ4n) is 2.80. The molecule has 0 fully saturated rings. The summed E-state index contributed by atoms with van der Waals surface area (Å²) in [5, 5.41) is 3.14. The highest BCUT2D eigenvalue weighted by Crippen LogP contribution is 2.29. The minimum Gasteiger partial charge on any atom is -0.472 e. The summed E-state index contributed by atoms with van der Waals surface area (Å²) < 4.78 is 31.3. The molecule has 0 aliphatic carbocycles. The van der Waals surface area contributed by atoms with Crippen molar-refractivity contribution in [3.05, 3.63) is 70.1 Å². The van der Waals surface area contributed by atoms with Gasteiger partial charge in [0.15, 0.2) is 16.8 Å². The molecule has 27 heavy (non-hydrogen) atoms. The predicted molar refractivity (Wildman–Crippen MR) is 93.6 cm³/mol. The largest absolute Gasteiger partial charge is 0.472 e. The molecule has 6 nitrogen and oxygen atoms in total. The maximum Gasteiger partial charge on any atom is 0.260 e. The van der Waals surface area contributed by atoms with Crippen molar-refractivity contribution in [2.75, 3.05) is 11.9 Å². The number of nitrogens with one attached hydrogen (secondary N) is 1. The van der Waals surface area contributed by atoms with Gasteiger partial charge in [0.05, 0.1) is 24.1 Å². The minimum absolute atomic E-state index is 0.0929. The molecule has 3 heterocycles. The summed E-state index contributed by atoms with van der Waals surface area (Å²) in [5.41, 5.74) is 1.30. The van der Waals surface area contributed by atoms with Gasteiger partial charge >= 0.3 is 0 Å². The number of thiazole rings is 1. The Morgan fingerprint density at radius 3 is 2.78 bits per heavy atom. The Morgan fingerprint density at radius 2 is 2.04 bits per heavy atom. The van der Waals surface area contributed by atoms with Gasteiger partial charge in [-0.1, -0.05) is 11.3 Å². The first-order valence-corrected chi connectivity index (χ1v) is 8.89. The molecule has 0 spiro atoms. The van der Waals surface area contributed by atoms with E-state index in [2.05, 4.69) is 10.3 Å². The quantitative estimate of drug-likeness (QED) is 0.744. The molecule has 0 saturated heterocycles. The maximum atomic E-state index is 13.4. The van der Waals surface area contributed by atoms with Crippen LogP contribution in [-0.2, 0) is 13.0 Å². The molecule has 3 aromatic rings. The van der Waals surface area contributed by atoms with Gasteiger partial charge in [0.1, 0.15) is 6.26 Å². The van der Waals surface area contributed by atoms with E-state index in [0.717, 1.165) is 22.7 Å². The van der Waals surface area contributed by atoms with E-state index in [1.165, 1.54) is 29.9 Å². The molecule has 0 radical (unpaired) electrons. The summed E-state index contributed by atoms with van der Waals surface area (Å²) in [6.45, 7) is 0.704. The van der Waals surface area contributed by atoms with Gasteiger partial charge in [0.25, 0.3) is 11.8 Å². The number of fused-ring (bicyclic) bond motifs is 1. The van der Waals surface area contributed by atoms with E-state index >= 15 is 0 Å². The van der Waals surface area contributed by atoms with Crippen molar-refractivity contribution in [2.45, 2.75) is 13.0 Å². The lowest BCUT2D eigenvalue weighted by atomic mass is 10.1. The van der Waals surface area contributed by atoms with Gasteiger partial charge < -0.3 is 9.32 Å². The number of anilines is 1. The number of nitrogens with zero attached hydrogens (tertiary/aromatic N) is 2. The molecule has 0 atom stereocenters. The molecule has 1 aliphatic heterocycles. The third-order valence-electron chi connectivity index (χ3n) is 4.19. The lowest BCUT2D eigenvalue weighted by Crippen LogP contribution is -2.35. The lowest BCUT2D eigenvalue weighted by molar-refractivity contribution is 0.0735. The first kappa shape index (κ1) is 17.3. The standard InChI is InChI=1S/C18H13F2N3O3S/c19-12-2-1-10(7-13(12)20)17(25)23-5-3-14-15(8-23)27-18(21-14)22-16(24)11-4-6-26-9-11/h1-2,4,6-7,9H,3,5,8H2,(H,21,22,24). The smallest absolute Gasteiger partial charge is 0.260 e. The highest BCUT2D eigenvalue weighted by atomic mass is 32.1. The predicted octanol–water partition coefficient (Wildman–Crippen LogP) is 3.47. The van der Waals surface area contributed by atoms with Crippen molar-refractivity contribution in [3.63, 3.8) is 0 Å². The highest BCUT2D eigenvalue weighted by Gasteiger charge is 2.26. The van der Waals surface area contributed by atoms with Gasteiger partial charge in [-0.3, -0.25) is 14.9 Å². The summed E-state index contributed by atoms with van der Waals surface area (Å²) in [7, 11) is 0. The van der Waals surface area contributed by atoms with Crippen LogP contribution in [0.3, 0.4) is 0 Å². The third kappa shape index (κ3) is 3.45. The number of amides is 2. The van der Waals surface area contributed by atoms with Crippen LogP contribution in [0.2, 0.25) is 0 Å². The van der Waals surface area contributed by atoms with Crippen LogP contribution in [0.1, 0.15) is 31.3 Å². The summed E-state index contributed by atoms with van der Waals surface area (Å²) in [4.78, 5) is 31.4. The zero-order valence-electron chi connectivity index (χ0n) is 13.9. The van der Waals surface area contributed by atoms with Gasteiger partial charge in [-0.05, 0) is 24.3 Å². The average molecular weight is 389 g/mol. The van der Waals surface area contributed by atoms with Gasteiger partial charge in [-0.2, -0.15) is 0 Å². The Kier molecular flexibility index (Phi) is 4.44. The van der Waals surface area contributed by atoms with Crippen LogP contribution >= 0.6 is 11.3 Å². The maximum absolute atomic E-state index is 13.4. The van der Waals surface area contributed by atoms with E-state index < -0.39 is 11.6 Å². The van der Waals surface area contributed by atoms with Crippen molar-refractivity contribution in [2.24, 2.45) is 0 Å². The van der Waals surface area contributed by atoms with Crippen LogP contribution in [0.5, 0.6) is 0 Å². The van der Waals surface area contributed by atoms with Crippen LogP contribution in [0.4, 0.5) is 13.9 Å². The van der Waals surface area contributed by atoms with Crippen LogP contribution < -0.4 is 5.32 Å². The number of hydrogen-bond acceptors (Lipinski definition) is 5. The monoisotopic (exact) mass is 389 g/mol. The molecule has 2 aromatic heterocycles. The van der Waals surface area contributed by atoms with Crippen LogP contribution in [0.25, 0.3) is 0 Å². The molecular weight excluding hydrogens is 376 g/mol. The number of hydrogen-bond donors (Lipinski definition) is 1. The second kappa shape index (κ2) is 6.92. The van der Waals surface area contributed by atoms with Gasteiger partial charge in [0.2, 0.25) is 0 Å². The zero-order valence-corrected chi connectivity index (χ0v) is 14.7. The van der Waals surface area contributed by atoms with E-state index in [-0.39, 0.29) is 17.4 Å². The Bertz CT molecular complexity index is 1020. The van der Waals surface area contributed by atoms with Crippen molar-refractivity contribution in [3.8, 4) is 0 Å². The highest BCUT2D eigenvalue weighted by molar-refractivity contribution is 7.15. The molecule has 2 amide bonds. The Labute approximate surface area is 156 Å². The Hall–Kier alpha value is -3.07. The third-order valence-corrected chi connectivity index (χ3v) is 5.19. The fraction of sp³-hybridized carbons (Fsp3) is 0.167. The van der Waals surface area contributed by atoms with E-state index in [4.69, 9.17) is 4.42 Å². The molecule has 0 saturated carbocycles. The zero-order chi connectivity index (χ0) is 19.0. The Morgan fingerprint density at radius 1 is 1.19 bits per heavy atom. The first-order valence-electron chi connectivity index (χ1n) is 8.07. The van der Waals surface area contributed by atoms with Crippen LogP contribution in [0, 0.1) is 11.6 Å². The van der Waals surface area contributed by atoms with E-state index in [1.807, 2.05) is 0 Å². The second-order valence-electron chi connectivity index (χ2n) is 5.96. The Balaban J connectivity index is 1.48. The van der Waals surface area contributed by atoms with E-state index in [9.17, 15) is 18.4 Å².